The number of rotatable bonds is 2. The molecule has 7 heteroatoms. The lowest BCUT2D eigenvalue weighted by atomic mass is 10.0. The van der Waals surface area contributed by atoms with Crippen molar-refractivity contribution in [1.29, 1.82) is 0 Å². The number of hydrazine groups is 2. The Morgan fingerprint density at radius 3 is 2.75 bits per heavy atom. The number of benzene rings is 1. The van der Waals surface area contributed by atoms with Gasteiger partial charge in [-0.1, -0.05) is 0 Å². The Hall–Kier alpha value is -1.57. The molecule has 1 aromatic rings. The smallest absolute Gasteiger partial charge is 0.324 e. The molecule has 4 N–H and O–H groups in total. The normalized spacial score (nSPS) is 24.6. The molecule has 1 aliphatic rings. The summed E-state index contributed by atoms with van der Waals surface area (Å²) in [4.78, 5) is 10.8. The third-order valence-electron chi connectivity index (χ3n) is 2.35. The fourth-order valence-corrected chi connectivity index (χ4v) is 1.58. The average molecular weight is 229 g/mol. The topological polar surface area (TPSA) is 73.4 Å². The largest absolute Gasteiger partial charge is 0.480 e. The van der Waals surface area contributed by atoms with Gasteiger partial charge in [-0.15, -0.1) is 0 Å². The summed E-state index contributed by atoms with van der Waals surface area (Å²) in [7, 11) is 0. The minimum Gasteiger partial charge on any atom is -0.480 e. The maximum atomic E-state index is 13.4. The molecule has 1 aromatic carbocycles. The molecular weight excluding hydrogens is 220 g/mol. The molecule has 0 aliphatic carbocycles. The molecule has 0 saturated carbocycles. The van der Waals surface area contributed by atoms with Crippen molar-refractivity contribution in [3.8, 4) is 0 Å². The zero-order valence-electron chi connectivity index (χ0n) is 8.00. The van der Waals surface area contributed by atoms with Crippen molar-refractivity contribution >= 4 is 5.97 Å². The summed E-state index contributed by atoms with van der Waals surface area (Å²) in [5, 5.41) is 8.85. The highest BCUT2D eigenvalue weighted by molar-refractivity contribution is 5.75. The number of carboxylic acids is 1. The van der Waals surface area contributed by atoms with Gasteiger partial charge in [0.2, 0.25) is 0 Å². The third kappa shape index (κ3) is 1.87. The first-order chi connectivity index (χ1) is 7.59. The molecule has 1 fully saturated rings. The summed E-state index contributed by atoms with van der Waals surface area (Å²) in [5.74, 6) is -2.43. The van der Waals surface area contributed by atoms with Gasteiger partial charge in [-0.05, 0) is 18.2 Å². The summed E-state index contributed by atoms with van der Waals surface area (Å²) >= 11 is 0. The van der Waals surface area contributed by atoms with Crippen LogP contribution in [0, 0.1) is 11.6 Å². The SMILES string of the molecule is O=C(O)C1NNNC1c1cc(F)ccc1F. The number of halogens is 2. The van der Waals surface area contributed by atoms with E-state index in [-0.39, 0.29) is 5.56 Å². The van der Waals surface area contributed by atoms with Crippen LogP contribution in [-0.4, -0.2) is 17.1 Å². The lowest BCUT2D eigenvalue weighted by molar-refractivity contribution is -0.139. The Bertz CT molecular complexity index is 427. The zero-order valence-corrected chi connectivity index (χ0v) is 8.00. The Morgan fingerprint density at radius 1 is 1.31 bits per heavy atom. The summed E-state index contributed by atoms with van der Waals surface area (Å²) in [6, 6.07) is 0.982. The van der Waals surface area contributed by atoms with Gasteiger partial charge >= 0.3 is 5.97 Å². The fraction of sp³-hybridized carbons (Fsp3) is 0.222. The van der Waals surface area contributed by atoms with Gasteiger partial charge in [-0.3, -0.25) is 4.79 Å². The van der Waals surface area contributed by atoms with Gasteiger partial charge < -0.3 is 5.11 Å². The zero-order chi connectivity index (χ0) is 11.7. The number of hydrogen-bond donors (Lipinski definition) is 4. The minimum absolute atomic E-state index is 0.0371. The quantitative estimate of drug-likeness (QED) is 0.577. The van der Waals surface area contributed by atoms with Gasteiger partial charge in [-0.25, -0.2) is 19.6 Å². The summed E-state index contributed by atoms with van der Waals surface area (Å²) in [6.45, 7) is 0. The Balaban J connectivity index is 2.35. The van der Waals surface area contributed by atoms with Gasteiger partial charge in [0.1, 0.15) is 17.7 Å². The monoisotopic (exact) mass is 229 g/mol. The summed E-state index contributed by atoms with van der Waals surface area (Å²) in [5.41, 5.74) is 7.27. The van der Waals surface area contributed by atoms with Crippen molar-refractivity contribution in [1.82, 2.24) is 16.4 Å². The van der Waals surface area contributed by atoms with Crippen molar-refractivity contribution in [3.05, 3.63) is 35.4 Å². The second-order valence-electron chi connectivity index (χ2n) is 3.37. The molecule has 16 heavy (non-hydrogen) atoms. The van der Waals surface area contributed by atoms with E-state index in [1.807, 2.05) is 0 Å². The molecule has 0 spiro atoms. The van der Waals surface area contributed by atoms with E-state index in [0.29, 0.717) is 0 Å². The standard InChI is InChI=1S/C9H9F2N3O2/c10-4-1-2-6(11)5(3-4)7-8(9(15)16)13-14-12-7/h1-3,7-8,12-14H,(H,15,16). The maximum Gasteiger partial charge on any atom is 0.324 e. The van der Waals surface area contributed by atoms with Crippen molar-refractivity contribution in [2.45, 2.75) is 12.1 Å². The lowest BCUT2D eigenvalue weighted by Gasteiger charge is -2.15. The van der Waals surface area contributed by atoms with Crippen LogP contribution < -0.4 is 16.4 Å². The van der Waals surface area contributed by atoms with Crippen LogP contribution in [0.15, 0.2) is 18.2 Å². The molecule has 5 nitrogen and oxygen atoms in total. The molecule has 1 saturated heterocycles. The Kier molecular flexibility index (Phi) is 2.82. The van der Waals surface area contributed by atoms with Crippen LogP contribution in [0.5, 0.6) is 0 Å². The molecule has 1 heterocycles. The third-order valence-corrected chi connectivity index (χ3v) is 2.35. The molecule has 0 bridgehead atoms. The maximum absolute atomic E-state index is 13.4. The van der Waals surface area contributed by atoms with Crippen LogP contribution in [-0.2, 0) is 4.79 Å². The first-order valence-corrected chi connectivity index (χ1v) is 4.53. The van der Waals surface area contributed by atoms with E-state index in [0.717, 1.165) is 18.2 Å². The van der Waals surface area contributed by atoms with Gasteiger partial charge in [0, 0.05) is 5.56 Å². The lowest BCUT2D eigenvalue weighted by Crippen LogP contribution is -2.38. The molecule has 2 atom stereocenters. The van der Waals surface area contributed by atoms with Crippen LogP contribution in [0.1, 0.15) is 11.6 Å². The van der Waals surface area contributed by atoms with E-state index in [2.05, 4.69) is 16.4 Å². The molecule has 2 rings (SSSR count). The summed E-state index contributed by atoms with van der Waals surface area (Å²) < 4.78 is 26.3. The van der Waals surface area contributed by atoms with E-state index in [9.17, 15) is 13.6 Å². The van der Waals surface area contributed by atoms with E-state index in [1.54, 1.807) is 0 Å². The predicted molar refractivity (Wildman–Crippen MR) is 49.9 cm³/mol. The predicted octanol–water partition coefficient (Wildman–Crippen LogP) is 0.0715. The van der Waals surface area contributed by atoms with E-state index in [1.165, 1.54) is 0 Å². The van der Waals surface area contributed by atoms with Gasteiger partial charge in [0.05, 0.1) is 6.04 Å². The Labute approximate surface area is 89.4 Å². The van der Waals surface area contributed by atoms with Gasteiger partial charge in [0.25, 0.3) is 0 Å². The number of nitrogens with one attached hydrogen (secondary N) is 3. The number of hydrogen-bond acceptors (Lipinski definition) is 4. The highest BCUT2D eigenvalue weighted by atomic mass is 19.1. The van der Waals surface area contributed by atoms with Crippen molar-refractivity contribution < 1.29 is 18.7 Å². The number of carboxylic acid groups (broad SMARTS) is 1. The number of carbonyl (C=O) groups is 1. The molecule has 0 aromatic heterocycles. The van der Waals surface area contributed by atoms with Gasteiger partial charge in [-0.2, -0.15) is 5.53 Å². The molecule has 1 aliphatic heterocycles. The molecular formula is C9H9F2N3O2. The minimum atomic E-state index is -1.16. The first kappa shape index (κ1) is 10.9. The van der Waals surface area contributed by atoms with E-state index >= 15 is 0 Å². The highest BCUT2D eigenvalue weighted by Gasteiger charge is 2.35. The van der Waals surface area contributed by atoms with E-state index in [4.69, 9.17) is 5.11 Å². The van der Waals surface area contributed by atoms with Crippen molar-refractivity contribution in [2.75, 3.05) is 0 Å². The van der Waals surface area contributed by atoms with Crippen molar-refractivity contribution in [2.24, 2.45) is 0 Å². The van der Waals surface area contributed by atoms with Crippen LogP contribution in [0.25, 0.3) is 0 Å². The second-order valence-corrected chi connectivity index (χ2v) is 3.37. The Morgan fingerprint density at radius 2 is 2.06 bits per heavy atom. The van der Waals surface area contributed by atoms with Crippen LogP contribution in [0.4, 0.5) is 8.78 Å². The average Bonchev–Trinajstić information content (AvgIpc) is 2.70. The van der Waals surface area contributed by atoms with Crippen LogP contribution in [0.2, 0.25) is 0 Å². The van der Waals surface area contributed by atoms with Crippen LogP contribution >= 0.6 is 0 Å². The van der Waals surface area contributed by atoms with Gasteiger partial charge in [0.15, 0.2) is 0 Å². The highest BCUT2D eigenvalue weighted by Crippen LogP contribution is 2.22. The number of aliphatic carboxylic acids is 1. The first-order valence-electron chi connectivity index (χ1n) is 4.53. The van der Waals surface area contributed by atoms with E-state index < -0.39 is 29.7 Å². The molecule has 0 radical (unpaired) electrons. The van der Waals surface area contributed by atoms with Crippen molar-refractivity contribution in [3.63, 3.8) is 0 Å². The second kappa shape index (κ2) is 4.12. The fourth-order valence-electron chi connectivity index (χ4n) is 1.58. The molecule has 86 valence electrons. The van der Waals surface area contributed by atoms with Crippen LogP contribution in [0.3, 0.4) is 0 Å². The summed E-state index contributed by atoms with van der Waals surface area (Å²) in [6.07, 6.45) is 0. The molecule has 0 amide bonds. The molecule has 2 unspecified atom stereocenters.